The number of amides is 1. The van der Waals surface area contributed by atoms with E-state index < -0.39 is 12.0 Å². The second-order valence-corrected chi connectivity index (χ2v) is 5.64. The molecule has 11 heteroatoms. The topological polar surface area (TPSA) is 75.9 Å². The van der Waals surface area contributed by atoms with E-state index in [1.54, 1.807) is 11.0 Å². The molecule has 2 aromatic heterocycles. The van der Waals surface area contributed by atoms with Crippen molar-refractivity contribution < 1.29 is 22.7 Å². The Hall–Kier alpha value is -2.43. The summed E-state index contributed by atoms with van der Waals surface area (Å²) in [6.07, 6.45) is -3.95. The van der Waals surface area contributed by atoms with Crippen LogP contribution >= 0.6 is 0 Å². The third-order valence-electron chi connectivity index (χ3n) is 3.94. The number of anilines is 1. The van der Waals surface area contributed by atoms with Crippen molar-refractivity contribution in [3.8, 4) is 0 Å². The molecule has 0 spiro atoms. The van der Waals surface area contributed by atoms with Crippen molar-refractivity contribution in [2.24, 2.45) is 0 Å². The summed E-state index contributed by atoms with van der Waals surface area (Å²) in [5.74, 6) is -0.874. The molecule has 0 bridgehead atoms. The van der Waals surface area contributed by atoms with Gasteiger partial charge in [-0.3, -0.25) is 4.79 Å². The fourth-order valence-electron chi connectivity index (χ4n) is 2.74. The first-order valence-electron chi connectivity index (χ1n) is 7.71. The summed E-state index contributed by atoms with van der Waals surface area (Å²) >= 11 is 0. The predicted octanol–water partition coefficient (Wildman–Crippen LogP) is 0.828. The van der Waals surface area contributed by atoms with E-state index in [0.29, 0.717) is 42.9 Å². The number of aromatic nitrogens is 4. The van der Waals surface area contributed by atoms with Crippen LogP contribution in [0.1, 0.15) is 12.2 Å². The highest BCUT2D eigenvalue weighted by molar-refractivity contribution is 5.77. The van der Waals surface area contributed by atoms with Crippen molar-refractivity contribution >= 4 is 17.4 Å². The van der Waals surface area contributed by atoms with E-state index >= 15 is 0 Å². The summed E-state index contributed by atoms with van der Waals surface area (Å²) in [4.78, 5) is 15.4. The van der Waals surface area contributed by atoms with Gasteiger partial charge in [0.2, 0.25) is 5.91 Å². The minimum absolute atomic E-state index is 0.0137. The Morgan fingerprint density at radius 1 is 1.20 bits per heavy atom. The van der Waals surface area contributed by atoms with Crippen molar-refractivity contribution in [3.05, 3.63) is 18.0 Å². The summed E-state index contributed by atoms with van der Waals surface area (Å²) in [5, 5.41) is 10.7. The summed E-state index contributed by atoms with van der Waals surface area (Å²) in [6, 6.07) is 3.06. The number of alkyl halides is 3. The molecule has 2 aromatic rings. The first kappa shape index (κ1) is 17.4. The lowest BCUT2D eigenvalue weighted by molar-refractivity contribution is -0.146. The van der Waals surface area contributed by atoms with Gasteiger partial charge in [0.25, 0.3) is 5.82 Å². The van der Waals surface area contributed by atoms with E-state index in [1.165, 1.54) is 13.2 Å². The van der Waals surface area contributed by atoms with Gasteiger partial charge >= 0.3 is 6.18 Å². The van der Waals surface area contributed by atoms with Crippen molar-refractivity contribution in [2.45, 2.75) is 12.6 Å². The zero-order valence-electron chi connectivity index (χ0n) is 13.5. The van der Waals surface area contributed by atoms with Gasteiger partial charge in [-0.15, -0.1) is 15.3 Å². The largest absolute Gasteiger partial charge is 0.453 e. The van der Waals surface area contributed by atoms with Crippen LogP contribution in [0.2, 0.25) is 0 Å². The molecule has 0 saturated carbocycles. The Morgan fingerprint density at radius 2 is 2.00 bits per heavy atom. The molecule has 3 rings (SSSR count). The molecule has 0 aromatic carbocycles. The van der Waals surface area contributed by atoms with Crippen LogP contribution in [0.15, 0.2) is 12.1 Å². The maximum absolute atomic E-state index is 13.0. The number of carbonyl (C=O) groups is 1. The molecule has 0 radical (unpaired) electrons. The first-order chi connectivity index (χ1) is 11.9. The number of ether oxygens (including phenoxy) is 1. The average Bonchev–Trinajstić information content (AvgIpc) is 2.83. The molecule has 0 atom stereocenters. The number of fused-ring (bicyclic) bond motifs is 1. The first-order valence-corrected chi connectivity index (χ1v) is 7.71. The predicted molar refractivity (Wildman–Crippen MR) is 81.1 cm³/mol. The molecule has 25 heavy (non-hydrogen) atoms. The normalized spacial score (nSPS) is 16.3. The van der Waals surface area contributed by atoms with Crippen LogP contribution in [0.3, 0.4) is 0 Å². The van der Waals surface area contributed by atoms with Crippen LogP contribution in [0.25, 0.3) is 5.65 Å². The average molecular weight is 358 g/mol. The lowest BCUT2D eigenvalue weighted by Gasteiger charge is -2.22. The zero-order chi connectivity index (χ0) is 18.0. The zero-order valence-corrected chi connectivity index (χ0v) is 13.5. The molecule has 3 heterocycles. The molecule has 1 aliphatic heterocycles. The van der Waals surface area contributed by atoms with E-state index in [0.717, 1.165) is 0 Å². The Morgan fingerprint density at radius 3 is 2.72 bits per heavy atom. The Bertz CT molecular complexity index is 763. The van der Waals surface area contributed by atoms with Gasteiger partial charge in [-0.2, -0.15) is 17.7 Å². The van der Waals surface area contributed by atoms with E-state index in [2.05, 4.69) is 15.3 Å². The SMILES string of the molecule is COCC(=O)N1CCCN(c2ccc3nnc(C(F)(F)F)n3n2)CC1. The van der Waals surface area contributed by atoms with Gasteiger partial charge in [-0.05, 0) is 18.6 Å². The molecule has 1 amide bonds. The quantitative estimate of drug-likeness (QED) is 0.809. The van der Waals surface area contributed by atoms with Crippen LogP contribution in [0.4, 0.5) is 19.0 Å². The summed E-state index contributed by atoms with van der Waals surface area (Å²) in [6.45, 7) is 2.09. The molecule has 136 valence electrons. The monoisotopic (exact) mass is 358 g/mol. The molecule has 0 unspecified atom stereocenters. The van der Waals surface area contributed by atoms with Gasteiger partial charge in [0, 0.05) is 33.3 Å². The summed E-state index contributed by atoms with van der Waals surface area (Å²) in [7, 11) is 1.46. The summed E-state index contributed by atoms with van der Waals surface area (Å²) < 4.78 is 44.5. The van der Waals surface area contributed by atoms with Gasteiger partial charge in [-0.25, -0.2) is 0 Å². The fourth-order valence-corrected chi connectivity index (χ4v) is 2.74. The van der Waals surface area contributed by atoms with E-state index in [-0.39, 0.29) is 18.2 Å². The van der Waals surface area contributed by atoms with Crippen molar-refractivity contribution in [1.82, 2.24) is 24.7 Å². The van der Waals surface area contributed by atoms with Crippen LogP contribution in [-0.4, -0.2) is 70.5 Å². The molecule has 8 nitrogen and oxygen atoms in total. The number of nitrogens with zero attached hydrogens (tertiary/aromatic N) is 6. The number of hydrogen-bond acceptors (Lipinski definition) is 6. The molecular formula is C14H17F3N6O2. The summed E-state index contributed by atoms with van der Waals surface area (Å²) in [5.41, 5.74) is 0.0304. The van der Waals surface area contributed by atoms with Crippen molar-refractivity contribution in [1.29, 1.82) is 0 Å². The molecule has 1 aliphatic rings. The lowest BCUT2D eigenvalue weighted by atomic mass is 10.3. The molecule has 1 saturated heterocycles. The van der Waals surface area contributed by atoms with Crippen LogP contribution in [0, 0.1) is 0 Å². The number of carbonyl (C=O) groups excluding carboxylic acids is 1. The Kier molecular flexibility index (Phi) is 4.75. The third-order valence-corrected chi connectivity index (χ3v) is 3.94. The molecule has 0 N–H and O–H groups in total. The molecule has 0 aliphatic carbocycles. The highest BCUT2D eigenvalue weighted by Crippen LogP contribution is 2.28. The van der Waals surface area contributed by atoms with E-state index in [1.807, 2.05) is 4.90 Å². The highest BCUT2D eigenvalue weighted by atomic mass is 19.4. The van der Waals surface area contributed by atoms with Gasteiger partial charge in [0.05, 0.1) is 0 Å². The standard InChI is InChI=1S/C14H17F3N6O2/c1-25-9-12(24)22-6-2-5-21(7-8-22)11-4-3-10-18-19-13(14(15,16)17)23(10)20-11/h3-4H,2,5-9H2,1H3. The van der Waals surface area contributed by atoms with Gasteiger partial charge in [0.15, 0.2) is 5.65 Å². The van der Waals surface area contributed by atoms with Gasteiger partial charge in [-0.1, -0.05) is 0 Å². The van der Waals surface area contributed by atoms with Gasteiger partial charge < -0.3 is 14.5 Å². The molecule has 1 fully saturated rings. The minimum atomic E-state index is -4.63. The maximum atomic E-state index is 13.0. The smallest absolute Gasteiger partial charge is 0.375 e. The van der Waals surface area contributed by atoms with Crippen LogP contribution in [0.5, 0.6) is 0 Å². The number of halogens is 3. The Labute approximate surface area is 141 Å². The van der Waals surface area contributed by atoms with Crippen LogP contribution < -0.4 is 4.90 Å². The van der Waals surface area contributed by atoms with Gasteiger partial charge in [0.1, 0.15) is 12.4 Å². The van der Waals surface area contributed by atoms with Crippen LogP contribution in [-0.2, 0) is 15.7 Å². The highest BCUT2D eigenvalue weighted by Gasteiger charge is 2.37. The fraction of sp³-hybridized carbons (Fsp3) is 0.571. The van der Waals surface area contributed by atoms with E-state index in [4.69, 9.17) is 4.74 Å². The second-order valence-electron chi connectivity index (χ2n) is 5.64. The third kappa shape index (κ3) is 3.65. The number of methoxy groups -OCH3 is 1. The minimum Gasteiger partial charge on any atom is -0.375 e. The van der Waals surface area contributed by atoms with Crippen molar-refractivity contribution in [3.63, 3.8) is 0 Å². The lowest BCUT2D eigenvalue weighted by Crippen LogP contribution is -2.37. The van der Waals surface area contributed by atoms with E-state index in [9.17, 15) is 18.0 Å². The maximum Gasteiger partial charge on any atom is 0.453 e. The molecular weight excluding hydrogens is 341 g/mol. The second kappa shape index (κ2) is 6.82. The number of rotatable bonds is 3. The number of hydrogen-bond donors (Lipinski definition) is 0. The van der Waals surface area contributed by atoms with Crippen molar-refractivity contribution in [2.75, 3.05) is 44.8 Å². The Balaban J connectivity index is 1.81.